The van der Waals surface area contributed by atoms with Crippen molar-refractivity contribution in [2.75, 3.05) is 11.9 Å². The van der Waals surface area contributed by atoms with Gasteiger partial charge in [-0.3, -0.25) is 0 Å². The monoisotopic (exact) mass is 275 g/mol. The summed E-state index contributed by atoms with van der Waals surface area (Å²) in [5.74, 6) is 0.146. The summed E-state index contributed by atoms with van der Waals surface area (Å²) in [7, 11) is 0. The van der Waals surface area contributed by atoms with Crippen molar-refractivity contribution in [3.8, 4) is 5.75 Å². The first-order valence-corrected chi connectivity index (χ1v) is 6.17. The third-order valence-corrected chi connectivity index (χ3v) is 2.77. The van der Waals surface area contributed by atoms with Gasteiger partial charge in [-0.25, -0.2) is 0 Å². The van der Waals surface area contributed by atoms with Crippen molar-refractivity contribution in [1.29, 1.82) is 0 Å². The van der Waals surface area contributed by atoms with Gasteiger partial charge in [0.1, 0.15) is 5.75 Å². The number of alkyl halides is 2. The molecule has 0 atom stereocenters. The topological polar surface area (TPSA) is 21.3 Å². The maximum atomic E-state index is 12.0. The van der Waals surface area contributed by atoms with Gasteiger partial charge in [-0.05, 0) is 35.4 Å². The Balaban J connectivity index is 1.89. The first-order valence-electron chi connectivity index (χ1n) is 6.17. The maximum Gasteiger partial charge on any atom is 0.387 e. The molecular weight excluding hydrogens is 260 g/mol. The van der Waals surface area contributed by atoms with Crippen molar-refractivity contribution >= 4 is 11.3 Å². The molecule has 0 unspecified atom stereocenters. The van der Waals surface area contributed by atoms with Crippen LogP contribution in [0.2, 0.25) is 0 Å². The molecular formula is C16H15F2NO. The van der Waals surface area contributed by atoms with E-state index in [4.69, 9.17) is 0 Å². The summed E-state index contributed by atoms with van der Waals surface area (Å²) in [6, 6.07) is 16.2. The van der Waals surface area contributed by atoms with Crippen LogP contribution in [0.4, 0.5) is 14.5 Å². The Labute approximate surface area is 116 Å². The minimum absolute atomic E-state index is 0.146. The molecule has 1 N–H and O–H groups in total. The molecule has 0 aliphatic rings. The van der Waals surface area contributed by atoms with E-state index in [2.05, 4.69) is 16.6 Å². The Hall–Kier alpha value is -2.36. The highest BCUT2D eigenvalue weighted by atomic mass is 19.3. The maximum absolute atomic E-state index is 12.0. The molecule has 2 rings (SSSR count). The van der Waals surface area contributed by atoms with Crippen LogP contribution in [0.25, 0.3) is 5.57 Å². The second-order valence-electron chi connectivity index (χ2n) is 4.23. The summed E-state index contributed by atoms with van der Waals surface area (Å²) in [6.07, 6.45) is 0. The largest absolute Gasteiger partial charge is 0.435 e. The van der Waals surface area contributed by atoms with Crippen molar-refractivity contribution in [3.63, 3.8) is 0 Å². The number of rotatable bonds is 6. The molecule has 0 saturated heterocycles. The van der Waals surface area contributed by atoms with E-state index in [1.807, 2.05) is 30.3 Å². The SMILES string of the molecule is C=C(CNc1ccc(OC(F)F)cc1)c1ccccc1. The summed E-state index contributed by atoms with van der Waals surface area (Å²) in [5, 5.41) is 3.18. The first-order chi connectivity index (χ1) is 9.65. The molecule has 2 aromatic carbocycles. The lowest BCUT2D eigenvalue weighted by Gasteiger charge is -2.10. The molecule has 2 aromatic rings. The van der Waals surface area contributed by atoms with Crippen LogP contribution in [0.1, 0.15) is 5.56 Å². The minimum Gasteiger partial charge on any atom is -0.435 e. The van der Waals surface area contributed by atoms with Crippen LogP contribution in [-0.4, -0.2) is 13.2 Å². The zero-order valence-electron chi connectivity index (χ0n) is 10.9. The lowest BCUT2D eigenvalue weighted by atomic mass is 10.1. The predicted octanol–water partition coefficient (Wildman–Crippen LogP) is 4.41. The molecule has 0 aliphatic heterocycles. The van der Waals surface area contributed by atoms with E-state index in [1.54, 1.807) is 12.1 Å². The third-order valence-electron chi connectivity index (χ3n) is 2.77. The van der Waals surface area contributed by atoms with E-state index >= 15 is 0 Å². The van der Waals surface area contributed by atoms with E-state index in [-0.39, 0.29) is 5.75 Å². The van der Waals surface area contributed by atoms with Crippen molar-refractivity contribution in [3.05, 3.63) is 66.7 Å². The second kappa shape index (κ2) is 6.70. The molecule has 0 saturated carbocycles. The summed E-state index contributed by atoms with van der Waals surface area (Å²) >= 11 is 0. The number of halogens is 2. The Bertz CT molecular complexity index is 552. The third kappa shape index (κ3) is 4.09. The van der Waals surface area contributed by atoms with Gasteiger partial charge < -0.3 is 10.1 Å². The normalized spacial score (nSPS) is 10.3. The van der Waals surface area contributed by atoms with Crippen LogP contribution in [0, 0.1) is 0 Å². The van der Waals surface area contributed by atoms with Crippen LogP contribution in [0.15, 0.2) is 61.2 Å². The summed E-state index contributed by atoms with van der Waals surface area (Å²) in [4.78, 5) is 0. The average Bonchev–Trinajstić information content (AvgIpc) is 2.46. The van der Waals surface area contributed by atoms with E-state index in [0.29, 0.717) is 6.54 Å². The van der Waals surface area contributed by atoms with Gasteiger partial charge in [0.05, 0.1) is 0 Å². The number of nitrogens with one attached hydrogen (secondary N) is 1. The fourth-order valence-corrected chi connectivity index (χ4v) is 1.74. The van der Waals surface area contributed by atoms with Crippen LogP contribution in [0.3, 0.4) is 0 Å². The molecule has 104 valence electrons. The number of anilines is 1. The fourth-order valence-electron chi connectivity index (χ4n) is 1.74. The van der Waals surface area contributed by atoms with Gasteiger partial charge in [-0.15, -0.1) is 0 Å². The summed E-state index contributed by atoms with van der Waals surface area (Å²) < 4.78 is 28.3. The van der Waals surface area contributed by atoms with Crippen LogP contribution < -0.4 is 10.1 Å². The molecule has 0 fully saturated rings. The summed E-state index contributed by atoms with van der Waals surface area (Å²) in [6.45, 7) is 1.79. The molecule has 0 bridgehead atoms. The minimum atomic E-state index is -2.80. The van der Waals surface area contributed by atoms with E-state index in [1.165, 1.54) is 12.1 Å². The van der Waals surface area contributed by atoms with Crippen molar-refractivity contribution in [1.82, 2.24) is 0 Å². The van der Waals surface area contributed by atoms with Crippen LogP contribution in [-0.2, 0) is 0 Å². The molecule has 20 heavy (non-hydrogen) atoms. The molecule has 0 aromatic heterocycles. The highest BCUT2D eigenvalue weighted by Crippen LogP contribution is 2.19. The highest BCUT2D eigenvalue weighted by Gasteiger charge is 2.03. The lowest BCUT2D eigenvalue weighted by Crippen LogP contribution is -2.04. The zero-order valence-corrected chi connectivity index (χ0v) is 10.9. The molecule has 0 amide bonds. The predicted molar refractivity (Wildman–Crippen MR) is 77.0 cm³/mol. The first kappa shape index (κ1) is 14.1. The number of hydrogen-bond donors (Lipinski definition) is 1. The Morgan fingerprint density at radius 3 is 2.30 bits per heavy atom. The smallest absolute Gasteiger partial charge is 0.387 e. The van der Waals surface area contributed by atoms with Gasteiger partial charge in [0, 0.05) is 12.2 Å². The molecule has 0 radical (unpaired) electrons. The standard InChI is InChI=1S/C16H15F2NO/c1-12(13-5-3-2-4-6-13)11-19-14-7-9-15(10-8-14)20-16(17)18/h2-10,16,19H,1,11H2. The van der Waals surface area contributed by atoms with Gasteiger partial charge in [0.25, 0.3) is 0 Å². The molecule has 0 aliphatic carbocycles. The van der Waals surface area contributed by atoms with Gasteiger partial charge in [-0.1, -0.05) is 36.9 Å². The van der Waals surface area contributed by atoms with Crippen LogP contribution >= 0.6 is 0 Å². The average molecular weight is 275 g/mol. The van der Waals surface area contributed by atoms with E-state index < -0.39 is 6.61 Å². The van der Waals surface area contributed by atoms with Crippen molar-refractivity contribution < 1.29 is 13.5 Å². The van der Waals surface area contributed by atoms with Gasteiger partial charge in [-0.2, -0.15) is 8.78 Å². The number of benzene rings is 2. The molecule has 0 heterocycles. The van der Waals surface area contributed by atoms with Crippen LogP contribution in [0.5, 0.6) is 5.75 Å². The molecule has 4 heteroatoms. The van der Waals surface area contributed by atoms with Crippen molar-refractivity contribution in [2.24, 2.45) is 0 Å². The lowest BCUT2D eigenvalue weighted by molar-refractivity contribution is -0.0498. The van der Waals surface area contributed by atoms with Crippen molar-refractivity contribution in [2.45, 2.75) is 6.61 Å². The second-order valence-corrected chi connectivity index (χ2v) is 4.23. The van der Waals surface area contributed by atoms with Gasteiger partial charge in [0.15, 0.2) is 0 Å². The van der Waals surface area contributed by atoms with E-state index in [0.717, 1.165) is 16.8 Å². The zero-order chi connectivity index (χ0) is 14.4. The Morgan fingerprint density at radius 2 is 1.70 bits per heavy atom. The van der Waals surface area contributed by atoms with E-state index in [9.17, 15) is 8.78 Å². The van der Waals surface area contributed by atoms with Gasteiger partial charge >= 0.3 is 6.61 Å². The number of hydrogen-bond acceptors (Lipinski definition) is 2. The quantitative estimate of drug-likeness (QED) is 0.843. The Kier molecular flexibility index (Phi) is 4.71. The summed E-state index contributed by atoms with van der Waals surface area (Å²) in [5.41, 5.74) is 2.85. The van der Waals surface area contributed by atoms with Gasteiger partial charge in [0.2, 0.25) is 0 Å². The number of ether oxygens (including phenoxy) is 1. The molecule has 2 nitrogen and oxygen atoms in total. The fraction of sp³-hybridized carbons (Fsp3) is 0.125. The molecule has 0 spiro atoms. The highest BCUT2D eigenvalue weighted by molar-refractivity contribution is 5.67. The Morgan fingerprint density at radius 1 is 1.05 bits per heavy atom.